The summed E-state index contributed by atoms with van der Waals surface area (Å²) in [4.78, 5) is 47.8. The van der Waals surface area contributed by atoms with Gasteiger partial charge < -0.3 is 25.8 Å². The van der Waals surface area contributed by atoms with Crippen LogP contribution in [0.2, 0.25) is 0 Å². The molecule has 0 aromatic carbocycles. The van der Waals surface area contributed by atoms with Crippen LogP contribution in [-0.4, -0.2) is 53.2 Å². The third-order valence-electron chi connectivity index (χ3n) is 5.23. The van der Waals surface area contributed by atoms with Crippen LogP contribution in [0.3, 0.4) is 0 Å². The van der Waals surface area contributed by atoms with Crippen molar-refractivity contribution in [2.45, 2.75) is 91.3 Å². The van der Waals surface area contributed by atoms with Crippen molar-refractivity contribution in [3.05, 3.63) is 0 Å². The summed E-state index contributed by atoms with van der Waals surface area (Å²) in [7, 11) is 0. The van der Waals surface area contributed by atoms with E-state index in [1.165, 1.54) is 6.92 Å². The number of carbonyl (C=O) groups is 4. The van der Waals surface area contributed by atoms with Crippen LogP contribution in [0.4, 0.5) is 4.79 Å². The first-order chi connectivity index (χ1) is 14.3. The number of alkyl carbamates (subject to hydrolysis) is 1. The van der Waals surface area contributed by atoms with Crippen molar-refractivity contribution in [2.24, 2.45) is 17.8 Å². The van der Waals surface area contributed by atoms with Gasteiger partial charge in [0.05, 0.1) is 0 Å². The highest BCUT2D eigenvalue weighted by Gasteiger charge is 2.29. The Hall–Kier alpha value is -2.32. The Morgan fingerprint density at radius 3 is 2.06 bits per heavy atom. The van der Waals surface area contributed by atoms with E-state index in [-0.39, 0.29) is 29.6 Å². The van der Waals surface area contributed by atoms with Gasteiger partial charge in [0.1, 0.15) is 17.7 Å². The number of hydrogen-bond donors (Lipinski definition) is 4. The topological polar surface area (TPSA) is 134 Å². The van der Waals surface area contributed by atoms with Crippen LogP contribution in [0.1, 0.15) is 73.6 Å². The minimum absolute atomic E-state index is 0.198. The summed E-state index contributed by atoms with van der Waals surface area (Å²) in [6, 6.07) is -1.57. The zero-order valence-electron chi connectivity index (χ0n) is 19.6. The number of rotatable bonds is 9. The van der Waals surface area contributed by atoms with E-state index in [9.17, 15) is 19.2 Å². The van der Waals surface area contributed by atoms with Gasteiger partial charge in [-0.2, -0.15) is 0 Å². The number of carboxylic acids is 1. The largest absolute Gasteiger partial charge is 0.480 e. The Balaban J connectivity index is 2.49. The van der Waals surface area contributed by atoms with E-state index in [0.29, 0.717) is 25.8 Å². The van der Waals surface area contributed by atoms with Crippen LogP contribution < -0.4 is 16.0 Å². The molecule has 0 unspecified atom stereocenters. The van der Waals surface area contributed by atoms with Crippen LogP contribution in [0.15, 0.2) is 0 Å². The molecule has 0 aromatic rings. The summed E-state index contributed by atoms with van der Waals surface area (Å²) in [6.45, 7) is 11.2. The number of amides is 3. The third-order valence-corrected chi connectivity index (χ3v) is 5.23. The standard InChI is InChI=1S/C22H39N3O6/c1-13(2)11-17(25-21(30)31-22(4,5)6)19(27)23-12-15-7-9-16(10-8-15)18(26)24-14(3)20(28)29/h13-17H,7-12H2,1-6H3,(H,23,27)(H,24,26)(H,25,30)(H,28,29)/t14-,15?,16?,17+/m1/s1. The van der Waals surface area contributed by atoms with E-state index in [1.807, 2.05) is 13.8 Å². The zero-order chi connectivity index (χ0) is 23.8. The lowest BCUT2D eigenvalue weighted by atomic mass is 9.81. The van der Waals surface area contributed by atoms with Gasteiger partial charge in [0, 0.05) is 12.5 Å². The molecule has 0 saturated heterocycles. The highest BCUT2D eigenvalue weighted by Crippen LogP contribution is 2.28. The number of carboxylic acid groups (broad SMARTS) is 1. The minimum atomic E-state index is -1.05. The molecule has 1 fully saturated rings. The van der Waals surface area contributed by atoms with Gasteiger partial charge >= 0.3 is 12.1 Å². The van der Waals surface area contributed by atoms with E-state index in [1.54, 1.807) is 20.8 Å². The molecule has 0 heterocycles. The van der Waals surface area contributed by atoms with Crippen LogP contribution in [0.5, 0.6) is 0 Å². The Morgan fingerprint density at radius 1 is 1.00 bits per heavy atom. The second-order valence-corrected chi connectivity index (χ2v) is 9.86. The maximum absolute atomic E-state index is 12.7. The van der Waals surface area contributed by atoms with Crippen molar-refractivity contribution in [1.82, 2.24) is 16.0 Å². The van der Waals surface area contributed by atoms with Crippen molar-refractivity contribution in [3.8, 4) is 0 Å². The fraction of sp³-hybridized carbons (Fsp3) is 0.818. The Kier molecular flexibility index (Phi) is 10.3. The number of ether oxygens (including phenoxy) is 1. The third kappa shape index (κ3) is 10.5. The molecule has 2 atom stereocenters. The first-order valence-electron chi connectivity index (χ1n) is 11.1. The van der Waals surface area contributed by atoms with Crippen molar-refractivity contribution in [3.63, 3.8) is 0 Å². The molecule has 9 heteroatoms. The van der Waals surface area contributed by atoms with Gasteiger partial charge in [-0.15, -0.1) is 0 Å². The fourth-order valence-electron chi connectivity index (χ4n) is 3.54. The highest BCUT2D eigenvalue weighted by atomic mass is 16.6. The van der Waals surface area contributed by atoms with Crippen molar-refractivity contribution >= 4 is 23.9 Å². The van der Waals surface area contributed by atoms with E-state index >= 15 is 0 Å². The molecule has 0 aromatic heterocycles. The molecule has 1 aliphatic carbocycles. The van der Waals surface area contributed by atoms with Gasteiger partial charge in [-0.3, -0.25) is 14.4 Å². The summed E-state index contributed by atoms with van der Waals surface area (Å²) < 4.78 is 5.27. The molecule has 31 heavy (non-hydrogen) atoms. The molecule has 9 nitrogen and oxygen atoms in total. The van der Waals surface area contributed by atoms with Gasteiger partial charge in [0.15, 0.2) is 0 Å². The molecule has 0 bridgehead atoms. The second kappa shape index (κ2) is 11.9. The normalized spacial score (nSPS) is 21.0. The molecule has 178 valence electrons. The van der Waals surface area contributed by atoms with Gasteiger partial charge in [-0.05, 0) is 71.6 Å². The molecule has 1 aliphatic rings. The predicted octanol–water partition coefficient (Wildman–Crippen LogP) is 2.44. The van der Waals surface area contributed by atoms with Crippen molar-refractivity contribution in [1.29, 1.82) is 0 Å². The van der Waals surface area contributed by atoms with Crippen molar-refractivity contribution in [2.75, 3.05) is 6.54 Å². The van der Waals surface area contributed by atoms with Crippen LogP contribution in [0, 0.1) is 17.8 Å². The Bertz CT molecular complexity index is 636. The summed E-state index contributed by atoms with van der Waals surface area (Å²) >= 11 is 0. The highest BCUT2D eigenvalue weighted by molar-refractivity contribution is 5.86. The van der Waals surface area contributed by atoms with Crippen LogP contribution in [-0.2, 0) is 19.1 Å². The Labute approximate surface area is 185 Å². The molecule has 4 N–H and O–H groups in total. The quantitative estimate of drug-likeness (QED) is 0.434. The molecule has 3 amide bonds. The van der Waals surface area contributed by atoms with Gasteiger partial charge in [0.2, 0.25) is 11.8 Å². The van der Waals surface area contributed by atoms with E-state index in [0.717, 1.165) is 12.8 Å². The molecular formula is C22H39N3O6. The number of nitrogens with one attached hydrogen (secondary N) is 3. The lowest BCUT2D eigenvalue weighted by Gasteiger charge is -2.29. The van der Waals surface area contributed by atoms with Crippen molar-refractivity contribution < 1.29 is 29.0 Å². The first-order valence-corrected chi connectivity index (χ1v) is 11.1. The maximum atomic E-state index is 12.7. The fourth-order valence-corrected chi connectivity index (χ4v) is 3.54. The summed E-state index contributed by atoms with van der Waals surface area (Å²) in [5.74, 6) is -1.26. The zero-order valence-corrected chi connectivity index (χ0v) is 19.6. The predicted molar refractivity (Wildman–Crippen MR) is 116 cm³/mol. The van der Waals surface area contributed by atoms with Gasteiger partial charge in [-0.25, -0.2) is 4.79 Å². The summed E-state index contributed by atoms with van der Waals surface area (Å²) in [5.41, 5.74) is -0.643. The van der Waals surface area contributed by atoms with E-state index in [4.69, 9.17) is 9.84 Å². The maximum Gasteiger partial charge on any atom is 0.408 e. The van der Waals surface area contributed by atoms with E-state index in [2.05, 4.69) is 16.0 Å². The molecular weight excluding hydrogens is 402 g/mol. The molecule has 0 radical (unpaired) electrons. The number of carbonyl (C=O) groups excluding carboxylic acids is 3. The minimum Gasteiger partial charge on any atom is -0.480 e. The lowest BCUT2D eigenvalue weighted by Crippen LogP contribution is -2.49. The first kappa shape index (κ1) is 26.7. The van der Waals surface area contributed by atoms with Gasteiger partial charge in [0.25, 0.3) is 0 Å². The molecule has 0 aliphatic heterocycles. The molecule has 0 spiro atoms. The molecule has 1 saturated carbocycles. The summed E-state index contributed by atoms with van der Waals surface area (Å²) in [5, 5.41) is 17.0. The van der Waals surface area contributed by atoms with Crippen LogP contribution in [0.25, 0.3) is 0 Å². The number of hydrogen-bond acceptors (Lipinski definition) is 5. The van der Waals surface area contributed by atoms with Gasteiger partial charge in [-0.1, -0.05) is 13.8 Å². The number of aliphatic carboxylic acids is 1. The Morgan fingerprint density at radius 2 is 1.58 bits per heavy atom. The smallest absolute Gasteiger partial charge is 0.408 e. The summed E-state index contributed by atoms with van der Waals surface area (Å²) in [6.07, 6.45) is 2.74. The SMILES string of the molecule is CC(C)C[C@H](NC(=O)OC(C)(C)C)C(=O)NCC1CCC(C(=O)N[C@H](C)C(=O)O)CC1. The monoisotopic (exact) mass is 441 g/mol. The second-order valence-electron chi connectivity index (χ2n) is 9.86. The van der Waals surface area contributed by atoms with Crippen LogP contribution >= 0.6 is 0 Å². The average Bonchev–Trinajstić information content (AvgIpc) is 2.63. The van der Waals surface area contributed by atoms with E-state index < -0.39 is 29.7 Å². The average molecular weight is 442 g/mol. The molecule has 1 rings (SSSR count). The lowest BCUT2D eigenvalue weighted by molar-refractivity contribution is -0.142.